The number of hydrogen-bond donors (Lipinski definition) is 0. The number of halogens is 6. The molecule has 1 unspecified atom stereocenters. The van der Waals surface area contributed by atoms with E-state index in [0.29, 0.717) is 23.5 Å². The fraction of sp³-hybridized carbons (Fsp3) is 0.259. The van der Waals surface area contributed by atoms with Crippen LogP contribution in [0.4, 0.5) is 26.3 Å². The number of rotatable bonds is 2. The Balaban J connectivity index is 1.63. The molecular formula is C27H20F6. The van der Waals surface area contributed by atoms with E-state index in [4.69, 9.17) is 0 Å². The predicted octanol–water partition coefficient (Wildman–Crippen LogP) is 8.27. The van der Waals surface area contributed by atoms with Crippen molar-refractivity contribution in [3.63, 3.8) is 0 Å². The topological polar surface area (TPSA) is 0 Å². The number of allylic oxidation sites excluding steroid dienone is 2. The summed E-state index contributed by atoms with van der Waals surface area (Å²) in [6, 6.07) is 5.20. The van der Waals surface area contributed by atoms with Crippen LogP contribution in [0.1, 0.15) is 48.4 Å². The molecule has 0 bridgehead atoms. The lowest BCUT2D eigenvalue weighted by Gasteiger charge is -2.19. The Labute approximate surface area is 187 Å². The van der Waals surface area contributed by atoms with Crippen molar-refractivity contribution >= 4 is 5.57 Å². The Morgan fingerprint density at radius 1 is 0.697 bits per heavy atom. The number of hydrogen-bond acceptors (Lipinski definition) is 0. The van der Waals surface area contributed by atoms with Gasteiger partial charge in [0, 0.05) is 27.8 Å². The summed E-state index contributed by atoms with van der Waals surface area (Å²) < 4.78 is 88.8. The van der Waals surface area contributed by atoms with Gasteiger partial charge in [-0.15, -0.1) is 0 Å². The molecule has 0 spiro atoms. The van der Waals surface area contributed by atoms with Crippen LogP contribution in [-0.4, -0.2) is 0 Å². The molecule has 3 aromatic carbocycles. The van der Waals surface area contributed by atoms with Crippen LogP contribution in [0.25, 0.3) is 27.8 Å². The van der Waals surface area contributed by atoms with E-state index in [-0.39, 0.29) is 34.2 Å². The molecule has 0 radical (unpaired) electrons. The van der Waals surface area contributed by atoms with Gasteiger partial charge in [0.1, 0.15) is 0 Å². The molecule has 170 valence electrons. The number of benzene rings is 3. The normalized spacial score (nSPS) is 17.1. The molecule has 0 amide bonds. The zero-order chi connectivity index (χ0) is 23.6. The highest BCUT2D eigenvalue weighted by Crippen LogP contribution is 2.45. The van der Waals surface area contributed by atoms with Crippen molar-refractivity contribution in [2.24, 2.45) is 5.92 Å². The van der Waals surface area contributed by atoms with Crippen molar-refractivity contribution < 1.29 is 26.3 Å². The minimum Gasteiger partial charge on any atom is -0.203 e. The molecule has 2 aliphatic rings. The second kappa shape index (κ2) is 7.79. The van der Waals surface area contributed by atoms with Crippen LogP contribution >= 0.6 is 0 Å². The Morgan fingerprint density at radius 3 is 1.94 bits per heavy atom. The van der Waals surface area contributed by atoms with Crippen molar-refractivity contribution in [3.8, 4) is 22.3 Å². The summed E-state index contributed by atoms with van der Waals surface area (Å²) in [4.78, 5) is 0. The summed E-state index contributed by atoms with van der Waals surface area (Å²) in [5.41, 5.74) is -0.197. The first-order valence-corrected chi connectivity index (χ1v) is 10.9. The Kier molecular flexibility index (Phi) is 5.15. The van der Waals surface area contributed by atoms with Crippen LogP contribution in [0.3, 0.4) is 0 Å². The second-order valence-corrected chi connectivity index (χ2v) is 9.02. The smallest absolute Gasteiger partial charge is 0.167 e. The first-order chi connectivity index (χ1) is 15.7. The van der Waals surface area contributed by atoms with E-state index in [1.165, 1.54) is 31.2 Å². The number of aryl methyl sites for hydroxylation is 1. The zero-order valence-corrected chi connectivity index (χ0v) is 18.1. The molecule has 0 aromatic heterocycles. The third kappa shape index (κ3) is 3.30. The van der Waals surface area contributed by atoms with Crippen molar-refractivity contribution in [2.75, 3.05) is 0 Å². The maximum atomic E-state index is 15.1. The Hall–Kier alpha value is -3.02. The first kappa shape index (κ1) is 21.8. The van der Waals surface area contributed by atoms with E-state index in [9.17, 15) is 13.2 Å². The van der Waals surface area contributed by atoms with Gasteiger partial charge in [0.15, 0.2) is 34.9 Å². The van der Waals surface area contributed by atoms with Gasteiger partial charge in [-0.1, -0.05) is 31.2 Å². The van der Waals surface area contributed by atoms with Crippen LogP contribution < -0.4 is 0 Å². The summed E-state index contributed by atoms with van der Waals surface area (Å²) in [6.07, 6.45) is 4.14. The fourth-order valence-corrected chi connectivity index (χ4v) is 4.94. The summed E-state index contributed by atoms with van der Waals surface area (Å²) >= 11 is 0. The molecule has 2 aliphatic carbocycles. The Bertz CT molecular complexity index is 1350. The van der Waals surface area contributed by atoms with Gasteiger partial charge >= 0.3 is 0 Å². The molecule has 6 heteroatoms. The molecule has 0 nitrogen and oxygen atoms in total. The fourth-order valence-electron chi connectivity index (χ4n) is 4.94. The third-order valence-corrected chi connectivity index (χ3v) is 6.78. The van der Waals surface area contributed by atoms with E-state index in [1.54, 1.807) is 0 Å². The van der Waals surface area contributed by atoms with Gasteiger partial charge in [-0.05, 0) is 66.9 Å². The van der Waals surface area contributed by atoms with Crippen LogP contribution in [-0.2, 0) is 6.42 Å². The highest BCUT2D eigenvalue weighted by Gasteiger charge is 2.32. The largest absolute Gasteiger partial charge is 0.203 e. The molecule has 0 aliphatic heterocycles. The number of fused-ring (bicyclic) bond motifs is 3. The molecule has 5 rings (SSSR count). The van der Waals surface area contributed by atoms with Crippen molar-refractivity contribution in [3.05, 3.63) is 87.5 Å². The van der Waals surface area contributed by atoms with Crippen LogP contribution in [0.15, 0.2) is 30.3 Å². The van der Waals surface area contributed by atoms with E-state index >= 15 is 13.2 Å². The minimum absolute atomic E-state index is 0.0279. The van der Waals surface area contributed by atoms with Crippen molar-refractivity contribution in [1.82, 2.24) is 0 Å². The molecule has 0 saturated carbocycles. The van der Waals surface area contributed by atoms with Gasteiger partial charge in [0.2, 0.25) is 0 Å². The predicted molar refractivity (Wildman–Crippen MR) is 116 cm³/mol. The van der Waals surface area contributed by atoms with Crippen molar-refractivity contribution in [2.45, 2.75) is 39.5 Å². The van der Waals surface area contributed by atoms with Gasteiger partial charge in [-0.25, -0.2) is 26.3 Å². The maximum Gasteiger partial charge on any atom is 0.167 e. The highest BCUT2D eigenvalue weighted by atomic mass is 19.2. The summed E-state index contributed by atoms with van der Waals surface area (Å²) in [5, 5.41) is 0. The van der Waals surface area contributed by atoms with E-state index < -0.39 is 46.0 Å². The maximum absolute atomic E-state index is 15.1. The van der Waals surface area contributed by atoms with Gasteiger partial charge in [-0.2, -0.15) is 0 Å². The quantitative estimate of drug-likeness (QED) is 0.265. The minimum atomic E-state index is -1.43. The van der Waals surface area contributed by atoms with Crippen LogP contribution in [0.2, 0.25) is 0 Å². The van der Waals surface area contributed by atoms with Crippen molar-refractivity contribution in [1.29, 1.82) is 0 Å². The standard InChI is InChI=1S/C27H20F6/c1-12-3-5-14(6-4-12)17-7-8-18(24(30)23(17)29)19-11-16-10-15-9-13(2)22(28)26(32)20(15)21(16)27(33)25(19)31/h5,7-9,11-12H,3-4,6,10H2,1-2H3. The molecule has 0 N–H and O–H groups in total. The molecule has 33 heavy (non-hydrogen) atoms. The van der Waals surface area contributed by atoms with Gasteiger partial charge in [0.05, 0.1) is 0 Å². The van der Waals surface area contributed by atoms with Crippen LogP contribution in [0.5, 0.6) is 0 Å². The molecule has 0 fully saturated rings. The SMILES string of the molecule is Cc1cc2c(c(F)c1F)-c1c(cc(-c3ccc(C4=CCC(C)CC4)c(F)c3F)c(F)c1F)C2. The summed E-state index contributed by atoms with van der Waals surface area (Å²) in [5.74, 6) is -7.12. The first-order valence-electron chi connectivity index (χ1n) is 10.9. The molecule has 3 aromatic rings. The van der Waals surface area contributed by atoms with Gasteiger partial charge in [0.25, 0.3) is 0 Å². The molecule has 0 saturated heterocycles. The Morgan fingerprint density at radius 2 is 1.27 bits per heavy atom. The second-order valence-electron chi connectivity index (χ2n) is 9.02. The summed E-state index contributed by atoms with van der Waals surface area (Å²) in [6.45, 7) is 3.46. The third-order valence-electron chi connectivity index (χ3n) is 6.78. The zero-order valence-electron chi connectivity index (χ0n) is 18.1. The van der Waals surface area contributed by atoms with E-state index in [1.807, 2.05) is 6.08 Å². The monoisotopic (exact) mass is 458 g/mol. The average molecular weight is 458 g/mol. The molecule has 0 heterocycles. The average Bonchev–Trinajstić information content (AvgIpc) is 3.16. The van der Waals surface area contributed by atoms with E-state index in [0.717, 1.165) is 12.8 Å². The lowest BCUT2D eigenvalue weighted by Crippen LogP contribution is -2.05. The van der Waals surface area contributed by atoms with Gasteiger partial charge < -0.3 is 0 Å². The summed E-state index contributed by atoms with van der Waals surface area (Å²) in [7, 11) is 0. The van der Waals surface area contributed by atoms with Crippen LogP contribution in [0, 0.1) is 47.7 Å². The van der Waals surface area contributed by atoms with Gasteiger partial charge in [-0.3, -0.25) is 0 Å². The lowest BCUT2D eigenvalue weighted by atomic mass is 9.86. The molecule has 1 atom stereocenters. The van der Waals surface area contributed by atoms with E-state index in [2.05, 4.69) is 6.92 Å². The molecular weight excluding hydrogens is 438 g/mol. The highest BCUT2D eigenvalue weighted by molar-refractivity contribution is 5.82. The lowest BCUT2D eigenvalue weighted by molar-refractivity contribution is 0.495.